The van der Waals surface area contributed by atoms with Crippen molar-refractivity contribution in [3.63, 3.8) is 0 Å². The van der Waals surface area contributed by atoms with E-state index in [0.29, 0.717) is 40.5 Å². The Hall–Kier alpha value is -2.03. The molecule has 0 saturated heterocycles. The lowest BCUT2D eigenvalue weighted by Crippen LogP contribution is -2.07. The number of benzene rings is 1. The summed E-state index contributed by atoms with van der Waals surface area (Å²) in [4.78, 5) is 0. The standard InChI is InChI=1S/C28H37F3/c1-18(2)17-26(29)22(6)21(5)11-7-19(3)10-14-24-15-16-25(28(31)27(24)30)23-12-8-20(4)9-13-23/h12,15-17,19-21H,1,6-11,13-14H2,2-5H3/b26-17+. The molecule has 2 rings (SSSR count). The lowest BCUT2D eigenvalue weighted by atomic mass is 9.86. The molecule has 3 atom stereocenters. The van der Waals surface area contributed by atoms with Gasteiger partial charge in [-0.05, 0) is 86.0 Å². The van der Waals surface area contributed by atoms with E-state index in [0.717, 1.165) is 44.1 Å². The topological polar surface area (TPSA) is 0 Å². The lowest BCUT2D eigenvalue weighted by Gasteiger charge is -2.20. The molecule has 0 N–H and O–H groups in total. The zero-order valence-corrected chi connectivity index (χ0v) is 19.5. The van der Waals surface area contributed by atoms with Crippen molar-refractivity contribution in [3.8, 4) is 0 Å². The van der Waals surface area contributed by atoms with Crippen LogP contribution in [0.15, 0.2) is 54.4 Å². The van der Waals surface area contributed by atoms with E-state index in [9.17, 15) is 13.2 Å². The summed E-state index contributed by atoms with van der Waals surface area (Å²) in [6.07, 6.45) is 9.16. The van der Waals surface area contributed by atoms with Crippen molar-refractivity contribution in [2.24, 2.45) is 17.8 Å². The van der Waals surface area contributed by atoms with Crippen LogP contribution in [0.5, 0.6) is 0 Å². The van der Waals surface area contributed by atoms with Gasteiger partial charge in [0.25, 0.3) is 0 Å². The van der Waals surface area contributed by atoms with Crippen molar-refractivity contribution in [2.45, 2.75) is 72.6 Å². The van der Waals surface area contributed by atoms with Gasteiger partial charge in [0.2, 0.25) is 0 Å². The first-order valence-corrected chi connectivity index (χ1v) is 11.5. The number of aryl methyl sites for hydroxylation is 1. The van der Waals surface area contributed by atoms with Crippen molar-refractivity contribution in [3.05, 3.63) is 77.2 Å². The number of hydrogen-bond acceptors (Lipinski definition) is 0. The highest BCUT2D eigenvalue weighted by molar-refractivity contribution is 5.67. The Kier molecular flexibility index (Phi) is 9.40. The Morgan fingerprint density at radius 1 is 1.13 bits per heavy atom. The van der Waals surface area contributed by atoms with Gasteiger partial charge in [0.1, 0.15) is 5.83 Å². The zero-order valence-electron chi connectivity index (χ0n) is 19.5. The van der Waals surface area contributed by atoms with Gasteiger partial charge in [-0.1, -0.05) is 64.1 Å². The van der Waals surface area contributed by atoms with Gasteiger partial charge in [0.15, 0.2) is 11.6 Å². The van der Waals surface area contributed by atoms with Gasteiger partial charge >= 0.3 is 0 Å². The van der Waals surface area contributed by atoms with E-state index >= 15 is 0 Å². The first-order chi connectivity index (χ1) is 14.6. The minimum absolute atomic E-state index is 0.0259. The third-order valence-corrected chi connectivity index (χ3v) is 6.46. The van der Waals surface area contributed by atoms with Crippen LogP contribution >= 0.6 is 0 Å². The van der Waals surface area contributed by atoms with Gasteiger partial charge < -0.3 is 0 Å². The van der Waals surface area contributed by atoms with Crippen LogP contribution in [0.25, 0.3) is 5.57 Å². The van der Waals surface area contributed by atoms with E-state index in [2.05, 4.69) is 33.1 Å². The monoisotopic (exact) mass is 430 g/mol. The first-order valence-electron chi connectivity index (χ1n) is 11.5. The van der Waals surface area contributed by atoms with Crippen molar-refractivity contribution >= 4 is 5.57 Å². The Morgan fingerprint density at radius 3 is 2.45 bits per heavy atom. The van der Waals surface area contributed by atoms with E-state index < -0.39 is 11.6 Å². The molecule has 0 aromatic heterocycles. The maximum atomic E-state index is 14.7. The normalized spacial score (nSPS) is 19.0. The average molecular weight is 431 g/mol. The molecule has 1 aromatic carbocycles. The molecule has 0 saturated carbocycles. The Bertz CT molecular complexity index is 859. The van der Waals surface area contributed by atoms with Gasteiger partial charge in [0.05, 0.1) is 0 Å². The highest BCUT2D eigenvalue weighted by Gasteiger charge is 2.19. The molecule has 170 valence electrons. The van der Waals surface area contributed by atoms with E-state index in [1.807, 2.05) is 6.92 Å². The fraction of sp³-hybridized carbons (Fsp3) is 0.500. The maximum Gasteiger partial charge on any atom is 0.166 e. The molecule has 0 radical (unpaired) electrons. The lowest BCUT2D eigenvalue weighted by molar-refractivity contribution is 0.426. The maximum absolute atomic E-state index is 14.7. The van der Waals surface area contributed by atoms with Gasteiger partial charge in [-0.25, -0.2) is 13.2 Å². The Morgan fingerprint density at radius 2 is 1.84 bits per heavy atom. The van der Waals surface area contributed by atoms with Crippen LogP contribution < -0.4 is 0 Å². The van der Waals surface area contributed by atoms with Crippen molar-refractivity contribution < 1.29 is 13.2 Å². The molecular weight excluding hydrogens is 393 g/mol. The molecule has 3 unspecified atom stereocenters. The summed E-state index contributed by atoms with van der Waals surface area (Å²) >= 11 is 0. The fourth-order valence-electron chi connectivity index (χ4n) is 4.04. The summed E-state index contributed by atoms with van der Waals surface area (Å²) in [5.74, 6) is -0.775. The molecule has 3 heteroatoms. The molecule has 1 aliphatic carbocycles. The number of hydrogen-bond donors (Lipinski definition) is 0. The molecule has 0 nitrogen and oxygen atoms in total. The zero-order chi connectivity index (χ0) is 23.1. The summed E-state index contributed by atoms with van der Waals surface area (Å²) in [6, 6.07) is 3.48. The number of allylic oxidation sites excluding steroid dienone is 6. The molecule has 31 heavy (non-hydrogen) atoms. The first kappa shape index (κ1) is 25.2. The van der Waals surface area contributed by atoms with Crippen molar-refractivity contribution in [1.29, 1.82) is 0 Å². The quantitative estimate of drug-likeness (QED) is 0.325. The molecule has 1 aromatic rings. The highest BCUT2D eigenvalue weighted by Crippen LogP contribution is 2.33. The summed E-state index contributed by atoms with van der Waals surface area (Å²) in [5.41, 5.74) is 2.93. The Labute approximate surface area is 186 Å². The van der Waals surface area contributed by atoms with Gasteiger partial charge in [-0.3, -0.25) is 0 Å². The van der Waals surface area contributed by atoms with Gasteiger partial charge in [0, 0.05) is 5.56 Å². The summed E-state index contributed by atoms with van der Waals surface area (Å²) in [7, 11) is 0. The van der Waals surface area contributed by atoms with Gasteiger partial charge in [-0.2, -0.15) is 0 Å². The predicted octanol–water partition coefficient (Wildman–Crippen LogP) is 9.14. The van der Waals surface area contributed by atoms with E-state index in [1.165, 1.54) is 6.08 Å². The number of rotatable bonds is 10. The summed E-state index contributed by atoms with van der Waals surface area (Å²) in [6.45, 7) is 15.6. The van der Waals surface area contributed by atoms with Crippen LogP contribution in [0.2, 0.25) is 0 Å². The van der Waals surface area contributed by atoms with E-state index in [1.54, 1.807) is 19.1 Å². The molecular formula is C28H37F3. The minimum atomic E-state index is -0.712. The molecule has 0 aliphatic heterocycles. The van der Waals surface area contributed by atoms with Crippen LogP contribution in [0.3, 0.4) is 0 Å². The van der Waals surface area contributed by atoms with E-state index in [-0.39, 0.29) is 11.7 Å². The minimum Gasteiger partial charge on any atom is -0.207 e. The van der Waals surface area contributed by atoms with Crippen molar-refractivity contribution in [2.75, 3.05) is 0 Å². The van der Waals surface area contributed by atoms with Crippen LogP contribution in [0.1, 0.15) is 77.3 Å². The second-order valence-electron chi connectivity index (χ2n) is 9.50. The third-order valence-electron chi connectivity index (χ3n) is 6.46. The smallest absolute Gasteiger partial charge is 0.166 e. The number of halogens is 3. The van der Waals surface area contributed by atoms with Crippen molar-refractivity contribution in [1.82, 2.24) is 0 Å². The molecule has 1 aliphatic rings. The van der Waals surface area contributed by atoms with Crippen LogP contribution in [0, 0.1) is 29.4 Å². The Balaban J connectivity index is 1.90. The summed E-state index contributed by atoms with van der Waals surface area (Å²) in [5, 5.41) is 0. The molecule has 0 spiro atoms. The van der Waals surface area contributed by atoms with E-state index in [4.69, 9.17) is 0 Å². The average Bonchev–Trinajstić information content (AvgIpc) is 2.72. The molecule has 0 bridgehead atoms. The largest absolute Gasteiger partial charge is 0.207 e. The highest BCUT2D eigenvalue weighted by atomic mass is 19.2. The second-order valence-corrected chi connectivity index (χ2v) is 9.50. The van der Waals surface area contributed by atoms with Crippen LogP contribution in [0.4, 0.5) is 13.2 Å². The van der Waals surface area contributed by atoms with Crippen LogP contribution in [-0.2, 0) is 6.42 Å². The molecule has 0 amide bonds. The van der Waals surface area contributed by atoms with Gasteiger partial charge in [-0.15, -0.1) is 0 Å². The molecule has 0 heterocycles. The third kappa shape index (κ3) is 7.26. The SMILES string of the molecule is C=C(C)/C=C(/F)C(=C)C(C)CCC(C)CCc1ccc(C2=CCC(C)CC2)c(F)c1F. The fourth-order valence-corrected chi connectivity index (χ4v) is 4.04. The molecule has 0 fully saturated rings. The predicted molar refractivity (Wildman–Crippen MR) is 126 cm³/mol. The second kappa shape index (κ2) is 11.5. The van der Waals surface area contributed by atoms with Crippen LogP contribution in [-0.4, -0.2) is 0 Å². The summed E-state index contributed by atoms with van der Waals surface area (Å²) < 4.78 is 43.5.